The van der Waals surface area contributed by atoms with Crippen LogP contribution in [0.25, 0.3) is 0 Å². The van der Waals surface area contributed by atoms with Gasteiger partial charge in [0.05, 0.1) is 0 Å². The molecular formula is C18H29N. The van der Waals surface area contributed by atoms with Gasteiger partial charge in [-0.05, 0) is 42.2 Å². The van der Waals surface area contributed by atoms with Gasteiger partial charge < -0.3 is 5.73 Å². The van der Waals surface area contributed by atoms with E-state index in [-0.39, 0.29) is 6.04 Å². The van der Waals surface area contributed by atoms with E-state index in [1.54, 1.807) is 0 Å². The summed E-state index contributed by atoms with van der Waals surface area (Å²) in [5.74, 6) is 1.61. The SMILES string of the molecule is CCC(C)c1ccc(C(N)CCC2CCCC2)cc1. The van der Waals surface area contributed by atoms with Crippen molar-refractivity contribution in [1.29, 1.82) is 0 Å². The molecule has 1 fully saturated rings. The first-order valence-electron chi connectivity index (χ1n) is 8.06. The minimum atomic E-state index is 0.228. The van der Waals surface area contributed by atoms with Crippen molar-refractivity contribution in [3.8, 4) is 0 Å². The molecule has 106 valence electrons. The van der Waals surface area contributed by atoms with Gasteiger partial charge in [-0.15, -0.1) is 0 Å². The number of benzene rings is 1. The van der Waals surface area contributed by atoms with Crippen LogP contribution in [0.4, 0.5) is 0 Å². The standard InChI is InChI=1S/C18H29N/c1-3-14(2)16-9-11-17(12-10-16)18(19)13-8-15-6-4-5-7-15/h9-12,14-15,18H,3-8,13,19H2,1-2H3. The van der Waals surface area contributed by atoms with Crippen LogP contribution in [-0.4, -0.2) is 0 Å². The molecule has 1 aromatic rings. The number of hydrogen-bond acceptors (Lipinski definition) is 1. The molecule has 0 bridgehead atoms. The van der Waals surface area contributed by atoms with Crippen LogP contribution in [0.3, 0.4) is 0 Å². The van der Waals surface area contributed by atoms with E-state index < -0.39 is 0 Å². The van der Waals surface area contributed by atoms with Crippen molar-refractivity contribution < 1.29 is 0 Å². The molecule has 0 saturated heterocycles. The number of rotatable bonds is 6. The normalized spacial score (nSPS) is 19.5. The highest BCUT2D eigenvalue weighted by molar-refractivity contribution is 5.26. The molecule has 0 heterocycles. The van der Waals surface area contributed by atoms with E-state index in [2.05, 4.69) is 38.1 Å². The van der Waals surface area contributed by atoms with Crippen LogP contribution in [0.5, 0.6) is 0 Å². The Bertz CT molecular complexity index is 362. The van der Waals surface area contributed by atoms with Crippen LogP contribution in [0.1, 0.15) is 81.9 Å². The third kappa shape index (κ3) is 4.07. The number of hydrogen-bond donors (Lipinski definition) is 1. The first-order chi connectivity index (χ1) is 9.20. The fraction of sp³-hybridized carbons (Fsp3) is 0.667. The summed E-state index contributed by atoms with van der Waals surface area (Å²) in [6.45, 7) is 4.53. The lowest BCUT2D eigenvalue weighted by Crippen LogP contribution is -2.12. The van der Waals surface area contributed by atoms with Gasteiger partial charge in [-0.3, -0.25) is 0 Å². The summed E-state index contributed by atoms with van der Waals surface area (Å²) >= 11 is 0. The number of nitrogens with two attached hydrogens (primary N) is 1. The van der Waals surface area contributed by atoms with Crippen LogP contribution in [0.2, 0.25) is 0 Å². The zero-order valence-electron chi connectivity index (χ0n) is 12.6. The van der Waals surface area contributed by atoms with Crippen molar-refractivity contribution >= 4 is 0 Å². The smallest absolute Gasteiger partial charge is 0.0294 e. The maximum Gasteiger partial charge on any atom is 0.0294 e. The van der Waals surface area contributed by atoms with E-state index in [9.17, 15) is 0 Å². The zero-order valence-corrected chi connectivity index (χ0v) is 12.6. The average Bonchev–Trinajstić information content (AvgIpc) is 2.97. The third-order valence-electron chi connectivity index (χ3n) is 4.91. The molecular weight excluding hydrogens is 230 g/mol. The predicted octanol–water partition coefficient (Wildman–Crippen LogP) is 5.17. The highest BCUT2D eigenvalue weighted by Gasteiger charge is 2.16. The summed E-state index contributed by atoms with van der Waals surface area (Å²) in [7, 11) is 0. The predicted molar refractivity (Wildman–Crippen MR) is 83.3 cm³/mol. The molecule has 1 aliphatic rings. The largest absolute Gasteiger partial charge is 0.324 e. The summed E-state index contributed by atoms with van der Waals surface area (Å²) < 4.78 is 0. The van der Waals surface area contributed by atoms with Gasteiger partial charge in [0.1, 0.15) is 0 Å². The van der Waals surface area contributed by atoms with Crippen LogP contribution < -0.4 is 5.73 Å². The Kier molecular flexibility index (Phi) is 5.45. The molecule has 1 heteroatoms. The molecule has 2 N–H and O–H groups in total. The lowest BCUT2D eigenvalue weighted by molar-refractivity contribution is 0.454. The molecule has 2 rings (SSSR count). The van der Waals surface area contributed by atoms with Crippen molar-refractivity contribution in [2.45, 2.75) is 70.8 Å². The van der Waals surface area contributed by atoms with Crippen LogP contribution in [0, 0.1) is 5.92 Å². The molecule has 2 atom stereocenters. The Balaban J connectivity index is 1.86. The summed E-state index contributed by atoms with van der Waals surface area (Å²) in [5.41, 5.74) is 9.08. The van der Waals surface area contributed by atoms with Crippen LogP contribution in [0.15, 0.2) is 24.3 Å². The lowest BCUT2D eigenvalue weighted by Gasteiger charge is -2.16. The van der Waals surface area contributed by atoms with E-state index in [0.717, 1.165) is 12.3 Å². The monoisotopic (exact) mass is 259 g/mol. The van der Waals surface area contributed by atoms with Gasteiger partial charge in [0.25, 0.3) is 0 Å². The Morgan fingerprint density at radius 3 is 2.26 bits per heavy atom. The molecule has 0 aromatic heterocycles. The molecule has 0 spiro atoms. The molecule has 1 aromatic carbocycles. The Morgan fingerprint density at radius 2 is 1.68 bits per heavy atom. The fourth-order valence-corrected chi connectivity index (χ4v) is 3.19. The van der Waals surface area contributed by atoms with E-state index in [1.165, 1.54) is 49.7 Å². The zero-order chi connectivity index (χ0) is 13.7. The molecule has 0 radical (unpaired) electrons. The first-order valence-corrected chi connectivity index (χ1v) is 8.06. The summed E-state index contributed by atoms with van der Waals surface area (Å²) in [6.07, 6.45) is 9.39. The van der Waals surface area contributed by atoms with E-state index in [4.69, 9.17) is 5.73 Å². The van der Waals surface area contributed by atoms with E-state index in [1.807, 2.05) is 0 Å². The second kappa shape index (κ2) is 7.09. The topological polar surface area (TPSA) is 26.0 Å². The van der Waals surface area contributed by atoms with Gasteiger partial charge in [0.2, 0.25) is 0 Å². The summed E-state index contributed by atoms with van der Waals surface area (Å²) in [6, 6.07) is 9.23. The fourth-order valence-electron chi connectivity index (χ4n) is 3.19. The Morgan fingerprint density at radius 1 is 1.11 bits per heavy atom. The van der Waals surface area contributed by atoms with Crippen LogP contribution in [-0.2, 0) is 0 Å². The third-order valence-corrected chi connectivity index (χ3v) is 4.91. The minimum absolute atomic E-state index is 0.228. The maximum absolute atomic E-state index is 6.33. The van der Waals surface area contributed by atoms with Gasteiger partial charge in [-0.1, -0.05) is 63.8 Å². The molecule has 2 unspecified atom stereocenters. The molecule has 19 heavy (non-hydrogen) atoms. The maximum atomic E-state index is 6.33. The van der Waals surface area contributed by atoms with Crippen molar-refractivity contribution in [3.05, 3.63) is 35.4 Å². The highest BCUT2D eigenvalue weighted by atomic mass is 14.6. The first kappa shape index (κ1) is 14.6. The van der Waals surface area contributed by atoms with Crippen molar-refractivity contribution in [2.75, 3.05) is 0 Å². The Hall–Kier alpha value is -0.820. The van der Waals surface area contributed by atoms with Gasteiger partial charge in [-0.25, -0.2) is 0 Å². The van der Waals surface area contributed by atoms with Crippen molar-refractivity contribution in [3.63, 3.8) is 0 Å². The van der Waals surface area contributed by atoms with Gasteiger partial charge >= 0.3 is 0 Å². The minimum Gasteiger partial charge on any atom is -0.324 e. The van der Waals surface area contributed by atoms with Gasteiger partial charge in [0.15, 0.2) is 0 Å². The average molecular weight is 259 g/mol. The summed E-state index contributed by atoms with van der Waals surface area (Å²) in [5, 5.41) is 0. The molecule has 1 nitrogen and oxygen atoms in total. The van der Waals surface area contributed by atoms with E-state index >= 15 is 0 Å². The van der Waals surface area contributed by atoms with Crippen LogP contribution >= 0.6 is 0 Å². The molecule has 0 aliphatic heterocycles. The van der Waals surface area contributed by atoms with Gasteiger partial charge in [0, 0.05) is 6.04 Å². The molecule has 0 amide bonds. The van der Waals surface area contributed by atoms with Gasteiger partial charge in [-0.2, -0.15) is 0 Å². The summed E-state index contributed by atoms with van der Waals surface area (Å²) in [4.78, 5) is 0. The molecule has 1 aliphatic carbocycles. The lowest BCUT2D eigenvalue weighted by atomic mass is 9.93. The second-order valence-electron chi connectivity index (χ2n) is 6.31. The molecule has 1 saturated carbocycles. The van der Waals surface area contributed by atoms with Crippen molar-refractivity contribution in [1.82, 2.24) is 0 Å². The van der Waals surface area contributed by atoms with Crippen molar-refractivity contribution in [2.24, 2.45) is 11.7 Å². The quantitative estimate of drug-likeness (QED) is 0.749. The second-order valence-corrected chi connectivity index (χ2v) is 6.31. The highest BCUT2D eigenvalue weighted by Crippen LogP contribution is 2.31. The Labute approximate surface area is 118 Å². The van der Waals surface area contributed by atoms with E-state index in [0.29, 0.717) is 5.92 Å².